The Balaban J connectivity index is 1.89. The first kappa shape index (κ1) is 18.6. The normalized spacial score (nSPS) is 11.3. The summed E-state index contributed by atoms with van der Waals surface area (Å²) in [5.74, 6) is 2.13. The lowest BCUT2D eigenvalue weighted by Gasteiger charge is -2.10. The van der Waals surface area contributed by atoms with Gasteiger partial charge in [-0.3, -0.25) is 4.99 Å². The number of guanidine groups is 1. The van der Waals surface area contributed by atoms with E-state index in [0.717, 1.165) is 35.6 Å². The monoisotopic (exact) mass is 341 g/mol. The van der Waals surface area contributed by atoms with Gasteiger partial charge in [0.2, 0.25) is 0 Å². The molecular formula is C20H27N3O2. The molecule has 0 radical (unpaired) electrons. The van der Waals surface area contributed by atoms with Crippen molar-refractivity contribution in [1.82, 2.24) is 0 Å². The standard InChI is InChI=1S/C20H27N3O2/c1-14-7-8-17(12-15(14)2)23-20(21)22-11-5-6-16-13-18(24-3)9-10-19(16)25-4/h7-10,12-13H,5-6,11H2,1-4H3,(H3,21,22,23). The van der Waals surface area contributed by atoms with Gasteiger partial charge in [0.15, 0.2) is 5.96 Å². The van der Waals surface area contributed by atoms with Crippen LogP contribution in [0.25, 0.3) is 0 Å². The first-order chi connectivity index (χ1) is 12.0. The maximum atomic E-state index is 5.97. The molecular weight excluding hydrogens is 314 g/mol. The number of nitrogens with zero attached hydrogens (tertiary/aromatic N) is 1. The van der Waals surface area contributed by atoms with E-state index >= 15 is 0 Å². The number of rotatable bonds is 7. The van der Waals surface area contributed by atoms with Crippen molar-refractivity contribution in [3.8, 4) is 11.5 Å². The average molecular weight is 341 g/mol. The molecule has 25 heavy (non-hydrogen) atoms. The van der Waals surface area contributed by atoms with E-state index in [2.05, 4.69) is 36.3 Å². The molecule has 0 aromatic heterocycles. The fraction of sp³-hybridized carbons (Fsp3) is 0.350. The predicted octanol–water partition coefficient (Wildman–Crippen LogP) is 3.68. The quantitative estimate of drug-likeness (QED) is 0.458. The average Bonchev–Trinajstić information content (AvgIpc) is 2.61. The molecule has 0 saturated carbocycles. The molecule has 0 atom stereocenters. The van der Waals surface area contributed by atoms with Crippen LogP contribution < -0.4 is 20.5 Å². The highest BCUT2D eigenvalue weighted by molar-refractivity contribution is 5.92. The number of ether oxygens (including phenoxy) is 2. The van der Waals surface area contributed by atoms with Gasteiger partial charge in [0.05, 0.1) is 14.2 Å². The number of benzene rings is 2. The summed E-state index contributed by atoms with van der Waals surface area (Å²) in [6.45, 7) is 4.81. The van der Waals surface area contributed by atoms with Gasteiger partial charge in [-0.25, -0.2) is 0 Å². The van der Waals surface area contributed by atoms with Gasteiger partial charge in [0, 0.05) is 12.2 Å². The van der Waals surface area contributed by atoms with Gasteiger partial charge in [-0.2, -0.15) is 0 Å². The molecule has 134 valence electrons. The highest BCUT2D eigenvalue weighted by Gasteiger charge is 2.05. The molecule has 0 spiro atoms. The minimum Gasteiger partial charge on any atom is -0.497 e. The summed E-state index contributed by atoms with van der Waals surface area (Å²) in [5.41, 5.74) is 10.5. The van der Waals surface area contributed by atoms with Crippen LogP contribution in [0.15, 0.2) is 41.4 Å². The Hall–Kier alpha value is -2.69. The molecule has 0 amide bonds. The molecule has 0 unspecified atom stereocenters. The Kier molecular flexibility index (Phi) is 6.69. The molecule has 0 saturated heterocycles. The number of aliphatic imine (C=N–C) groups is 1. The number of nitrogens with one attached hydrogen (secondary N) is 1. The van der Waals surface area contributed by atoms with Gasteiger partial charge in [0.1, 0.15) is 11.5 Å². The van der Waals surface area contributed by atoms with Crippen molar-refractivity contribution in [2.45, 2.75) is 26.7 Å². The third-order valence-corrected chi connectivity index (χ3v) is 4.15. The zero-order chi connectivity index (χ0) is 18.2. The van der Waals surface area contributed by atoms with Gasteiger partial charge in [-0.05, 0) is 73.7 Å². The Morgan fingerprint density at radius 3 is 2.52 bits per heavy atom. The highest BCUT2D eigenvalue weighted by Crippen LogP contribution is 2.25. The van der Waals surface area contributed by atoms with Crippen molar-refractivity contribution in [3.63, 3.8) is 0 Å². The van der Waals surface area contributed by atoms with Crippen molar-refractivity contribution in [2.24, 2.45) is 10.7 Å². The third kappa shape index (κ3) is 5.41. The van der Waals surface area contributed by atoms with E-state index in [4.69, 9.17) is 15.2 Å². The van der Waals surface area contributed by atoms with Crippen LogP contribution in [0.2, 0.25) is 0 Å². The first-order valence-corrected chi connectivity index (χ1v) is 8.38. The highest BCUT2D eigenvalue weighted by atomic mass is 16.5. The summed E-state index contributed by atoms with van der Waals surface area (Å²) in [4.78, 5) is 4.40. The molecule has 2 rings (SSSR count). The summed E-state index contributed by atoms with van der Waals surface area (Å²) in [7, 11) is 3.34. The molecule has 0 aliphatic carbocycles. The molecule has 2 aromatic rings. The number of methoxy groups -OCH3 is 2. The van der Waals surface area contributed by atoms with E-state index in [9.17, 15) is 0 Å². The van der Waals surface area contributed by atoms with E-state index in [1.54, 1.807) is 14.2 Å². The summed E-state index contributed by atoms with van der Waals surface area (Å²) in [6.07, 6.45) is 1.72. The summed E-state index contributed by atoms with van der Waals surface area (Å²) < 4.78 is 10.7. The number of hydrogen-bond donors (Lipinski definition) is 2. The predicted molar refractivity (Wildman–Crippen MR) is 104 cm³/mol. The number of nitrogens with two attached hydrogens (primary N) is 1. The van der Waals surface area contributed by atoms with Crippen molar-refractivity contribution < 1.29 is 9.47 Å². The topological polar surface area (TPSA) is 68.9 Å². The smallest absolute Gasteiger partial charge is 0.193 e. The Labute approximate surface area is 149 Å². The minimum absolute atomic E-state index is 0.431. The Morgan fingerprint density at radius 2 is 1.84 bits per heavy atom. The van der Waals surface area contributed by atoms with Crippen LogP contribution in [-0.2, 0) is 6.42 Å². The molecule has 0 aliphatic heterocycles. The molecule has 0 bridgehead atoms. The maximum Gasteiger partial charge on any atom is 0.193 e. The largest absolute Gasteiger partial charge is 0.497 e. The Morgan fingerprint density at radius 1 is 1.04 bits per heavy atom. The maximum absolute atomic E-state index is 5.97. The van der Waals surface area contributed by atoms with Crippen molar-refractivity contribution in [3.05, 3.63) is 53.1 Å². The number of hydrogen-bond acceptors (Lipinski definition) is 3. The number of aryl methyl sites for hydroxylation is 3. The second-order valence-electron chi connectivity index (χ2n) is 5.97. The van der Waals surface area contributed by atoms with Gasteiger partial charge in [0.25, 0.3) is 0 Å². The molecule has 5 nitrogen and oxygen atoms in total. The molecule has 0 fully saturated rings. The summed E-state index contributed by atoms with van der Waals surface area (Å²) in [5, 5.41) is 3.13. The van der Waals surface area contributed by atoms with Gasteiger partial charge in [-0.15, -0.1) is 0 Å². The van der Waals surface area contributed by atoms with E-state index in [1.165, 1.54) is 11.1 Å². The van der Waals surface area contributed by atoms with Crippen LogP contribution in [0.1, 0.15) is 23.1 Å². The van der Waals surface area contributed by atoms with Crippen molar-refractivity contribution in [2.75, 3.05) is 26.1 Å². The lowest BCUT2D eigenvalue weighted by molar-refractivity contribution is 0.398. The summed E-state index contributed by atoms with van der Waals surface area (Å²) in [6, 6.07) is 12.0. The first-order valence-electron chi connectivity index (χ1n) is 8.38. The van der Waals surface area contributed by atoms with Crippen LogP contribution in [0, 0.1) is 13.8 Å². The molecule has 5 heteroatoms. The van der Waals surface area contributed by atoms with Crippen molar-refractivity contribution >= 4 is 11.6 Å². The fourth-order valence-electron chi connectivity index (χ4n) is 2.55. The lowest BCUT2D eigenvalue weighted by atomic mass is 10.1. The van der Waals surface area contributed by atoms with E-state index in [0.29, 0.717) is 12.5 Å². The SMILES string of the molecule is COc1ccc(OC)c(CCCN=C(N)Nc2ccc(C)c(C)c2)c1. The van der Waals surface area contributed by atoms with Crippen molar-refractivity contribution in [1.29, 1.82) is 0 Å². The molecule has 2 aromatic carbocycles. The molecule has 0 heterocycles. The van der Waals surface area contributed by atoms with Gasteiger partial charge < -0.3 is 20.5 Å². The Bertz CT molecular complexity index is 742. The van der Waals surface area contributed by atoms with E-state index in [1.807, 2.05) is 24.3 Å². The van der Waals surface area contributed by atoms with Crippen LogP contribution in [0.3, 0.4) is 0 Å². The van der Waals surface area contributed by atoms with Crippen LogP contribution in [0.4, 0.5) is 5.69 Å². The minimum atomic E-state index is 0.431. The van der Waals surface area contributed by atoms with Gasteiger partial charge >= 0.3 is 0 Å². The van der Waals surface area contributed by atoms with Crippen LogP contribution in [-0.4, -0.2) is 26.7 Å². The van der Waals surface area contributed by atoms with E-state index in [-0.39, 0.29) is 0 Å². The summed E-state index contributed by atoms with van der Waals surface area (Å²) >= 11 is 0. The number of anilines is 1. The second kappa shape index (κ2) is 8.97. The zero-order valence-electron chi connectivity index (χ0n) is 15.4. The zero-order valence-corrected chi connectivity index (χ0v) is 15.4. The second-order valence-corrected chi connectivity index (χ2v) is 5.97. The third-order valence-electron chi connectivity index (χ3n) is 4.15. The molecule has 3 N–H and O–H groups in total. The lowest BCUT2D eigenvalue weighted by Crippen LogP contribution is -2.23. The fourth-order valence-corrected chi connectivity index (χ4v) is 2.55. The molecule has 0 aliphatic rings. The van der Waals surface area contributed by atoms with E-state index < -0.39 is 0 Å². The van der Waals surface area contributed by atoms with Gasteiger partial charge in [-0.1, -0.05) is 6.07 Å². The van der Waals surface area contributed by atoms with Crippen LogP contribution in [0.5, 0.6) is 11.5 Å². The van der Waals surface area contributed by atoms with Crippen LogP contribution >= 0.6 is 0 Å².